The maximum Gasteiger partial charge on any atom is 4.00 e. The van der Waals surface area contributed by atoms with Crippen LogP contribution in [0.4, 0.5) is 0 Å². The van der Waals surface area contributed by atoms with E-state index in [0.29, 0.717) is 19.3 Å². The van der Waals surface area contributed by atoms with Gasteiger partial charge in [-0.15, -0.1) is 46.5 Å². The van der Waals surface area contributed by atoms with Crippen molar-refractivity contribution < 1.29 is 41.5 Å². The largest absolute Gasteiger partial charge is 4.00 e. The summed E-state index contributed by atoms with van der Waals surface area (Å²) in [4.78, 5) is 0. The normalized spacial score (nSPS) is 13.3. The Bertz CT molecular complexity index is 397. The van der Waals surface area contributed by atoms with Crippen LogP contribution in [0.3, 0.4) is 0 Å². The quantitative estimate of drug-likeness (QED) is 0.472. The molecule has 0 saturated heterocycles. The molecule has 0 aromatic rings. The Morgan fingerprint density at radius 3 is 1.15 bits per heavy atom. The Hall–Kier alpha value is -0.537. The molecule has 0 radical (unpaired) electrons. The summed E-state index contributed by atoms with van der Waals surface area (Å²) >= 11 is 0. The summed E-state index contributed by atoms with van der Waals surface area (Å²) in [5.74, 6) is 0. The zero-order chi connectivity index (χ0) is 20.3. The molecule has 4 heteroatoms. The summed E-state index contributed by atoms with van der Waals surface area (Å²) < 4.78 is 0. The van der Waals surface area contributed by atoms with Crippen LogP contribution in [0.15, 0.2) is 54.7 Å². The van der Waals surface area contributed by atoms with Gasteiger partial charge in [-0.05, 0) is 0 Å². The van der Waals surface area contributed by atoms with Crippen molar-refractivity contribution >= 4 is 0 Å². The first-order chi connectivity index (χ1) is 11.7. The number of rotatable bonds is 6. The Morgan fingerprint density at radius 2 is 1.12 bits per heavy atom. The van der Waals surface area contributed by atoms with Gasteiger partial charge in [0.1, 0.15) is 0 Å². The molecule has 0 heterocycles. The van der Waals surface area contributed by atoms with Crippen molar-refractivity contribution in [1.82, 2.24) is 0 Å². The molecule has 0 bridgehead atoms. The summed E-state index contributed by atoms with van der Waals surface area (Å²) in [5, 5.41) is 28.4. The summed E-state index contributed by atoms with van der Waals surface area (Å²) in [6.07, 6.45) is 10.1. The molecule has 1 aliphatic carbocycles. The molecule has 0 saturated carbocycles. The van der Waals surface area contributed by atoms with Crippen LogP contribution >= 0.6 is 0 Å². The van der Waals surface area contributed by atoms with Crippen molar-refractivity contribution in [1.29, 1.82) is 0 Å². The minimum Gasteiger partial charge on any atom is -0.854 e. The van der Waals surface area contributed by atoms with Gasteiger partial charge in [-0.25, -0.2) is 5.57 Å². The van der Waals surface area contributed by atoms with Gasteiger partial charge in [-0.1, -0.05) is 70.6 Å². The Morgan fingerprint density at radius 1 is 0.808 bits per heavy atom. The van der Waals surface area contributed by atoms with Gasteiger partial charge in [0.25, 0.3) is 0 Å². The predicted octanol–water partition coefficient (Wildman–Crippen LogP) is 2.88. The monoisotopic (exact) mass is 438 g/mol. The summed E-state index contributed by atoms with van der Waals surface area (Å²) in [7, 11) is 0. The average Bonchev–Trinajstić information content (AvgIpc) is 2.73. The van der Waals surface area contributed by atoms with E-state index in [4.69, 9.17) is 0 Å². The van der Waals surface area contributed by atoms with Crippen LogP contribution in [0.5, 0.6) is 0 Å². The second-order valence-corrected chi connectivity index (χ2v) is 5.97. The second kappa shape index (κ2) is 22.5. The summed E-state index contributed by atoms with van der Waals surface area (Å²) in [5.41, 5.74) is 4.39. The van der Waals surface area contributed by atoms with Gasteiger partial charge < -0.3 is 15.3 Å². The second-order valence-electron chi connectivity index (χ2n) is 5.97. The zero-order valence-corrected chi connectivity index (χ0v) is 19.8. The molecule has 1 rings (SSSR count). The van der Waals surface area contributed by atoms with E-state index in [2.05, 4.69) is 60.4 Å². The first-order valence-electron chi connectivity index (χ1n) is 8.57. The SMILES string of the molecule is C=CCC[O-].C=CCC[O-].C=CCC[O-].CC1=[C-]C(C)(C)C(C)=C1C.[Zr+4]. The molecule has 0 aromatic heterocycles. The first-order valence-corrected chi connectivity index (χ1v) is 8.57. The molecule has 0 unspecified atom stereocenters. The zero-order valence-electron chi connectivity index (χ0n) is 17.3. The molecule has 0 aliphatic heterocycles. The van der Waals surface area contributed by atoms with Crippen LogP contribution in [-0.4, -0.2) is 19.8 Å². The van der Waals surface area contributed by atoms with Crippen LogP contribution in [0.1, 0.15) is 53.9 Å². The van der Waals surface area contributed by atoms with Crippen molar-refractivity contribution in [2.45, 2.75) is 53.9 Å². The maximum atomic E-state index is 9.46. The maximum absolute atomic E-state index is 9.46. The van der Waals surface area contributed by atoms with Crippen molar-refractivity contribution in [2.75, 3.05) is 19.8 Å². The molecule has 0 amide bonds. The Labute approximate surface area is 181 Å². The molecule has 0 N–H and O–H groups in total. The molecule has 0 fully saturated rings. The summed E-state index contributed by atoms with van der Waals surface area (Å²) in [6.45, 7) is 20.9. The van der Waals surface area contributed by atoms with Crippen LogP contribution in [0.25, 0.3) is 0 Å². The van der Waals surface area contributed by atoms with E-state index < -0.39 is 0 Å². The summed E-state index contributed by atoms with van der Waals surface area (Å²) in [6, 6.07) is 0. The molecular formula is C22H36O3Zr. The van der Waals surface area contributed by atoms with Crippen LogP contribution < -0.4 is 15.3 Å². The first kappa shape index (κ1) is 33.1. The fourth-order valence-electron chi connectivity index (χ4n) is 1.66. The van der Waals surface area contributed by atoms with Gasteiger partial charge in [0, 0.05) is 0 Å². The molecule has 0 atom stereocenters. The molecule has 146 valence electrons. The third kappa shape index (κ3) is 19.8. The predicted molar refractivity (Wildman–Crippen MR) is 104 cm³/mol. The third-order valence-corrected chi connectivity index (χ3v) is 3.53. The van der Waals surface area contributed by atoms with E-state index >= 15 is 0 Å². The molecule has 0 spiro atoms. The third-order valence-electron chi connectivity index (χ3n) is 3.53. The minimum atomic E-state index is -0.0243. The smallest absolute Gasteiger partial charge is 0.854 e. The van der Waals surface area contributed by atoms with Gasteiger partial charge in [0.05, 0.1) is 0 Å². The van der Waals surface area contributed by atoms with Crippen molar-refractivity contribution in [3.05, 3.63) is 60.8 Å². The van der Waals surface area contributed by atoms with Gasteiger partial charge in [0.2, 0.25) is 0 Å². The van der Waals surface area contributed by atoms with Gasteiger partial charge in [0.15, 0.2) is 0 Å². The minimum absolute atomic E-state index is 0. The van der Waals surface area contributed by atoms with Crippen molar-refractivity contribution in [2.24, 2.45) is 5.41 Å². The van der Waals surface area contributed by atoms with E-state index in [-0.39, 0.29) is 51.4 Å². The van der Waals surface area contributed by atoms with Crippen LogP contribution in [0, 0.1) is 11.5 Å². The standard InChI is InChI=1S/C10H15.3C4H7O.Zr/c1-7-6-10(4,5)9(3)8(7)2;3*1-2-3-4-5;/h1-5H3;3*2H,1,3-4H2;/q4*-1;+4. The number of allylic oxidation sites excluding steroid dienone is 4. The number of hydrogen-bond donors (Lipinski definition) is 0. The fraction of sp³-hybridized carbons (Fsp3) is 0.545. The van der Waals surface area contributed by atoms with Crippen LogP contribution in [-0.2, 0) is 26.2 Å². The average molecular weight is 440 g/mol. The van der Waals surface area contributed by atoms with E-state index in [1.165, 1.54) is 16.7 Å². The Kier molecular flexibility index (Phi) is 28.6. The molecular weight excluding hydrogens is 403 g/mol. The van der Waals surface area contributed by atoms with Crippen molar-refractivity contribution in [3.8, 4) is 0 Å². The van der Waals surface area contributed by atoms with Gasteiger partial charge in [-0.3, -0.25) is 6.08 Å². The molecule has 0 aromatic carbocycles. The molecule has 26 heavy (non-hydrogen) atoms. The molecule has 1 aliphatic rings. The fourth-order valence-corrected chi connectivity index (χ4v) is 1.66. The molecule has 3 nitrogen and oxygen atoms in total. The van der Waals surface area contributed by atoms with E-state index in [1.54, 1.807) is 18.2 Å². The van der Waals surface area contributed by atoms with E-state index in [1.807, 2.05) is 0 Å². The Balaban J connectivity index is -0.000000132. The van der Waals surface area contributed by atoms with E-state index in [0.717, 1.165) is 0 Å². The topological polar surface area (TPSA) is 69.2 Å². The van der Waals surface area contributed by atoms with Gasteiger partial charge in [-0.2, -0.15) is 11.1 Å². The van der Waals surface area contributed by atoms with E-state index in [9.17, 15) is 15.3 Å². The number of hydrogen-bond acceptors (Lipinski definition) is 3. The van der Waals surface area contributed by atoms with Gasteiger partial charge >= 0.3 is 26.2 Å². The van der Waals surface area contributed by atoms with Crippen LogP contribution in [0.2, 0.25) is 0 Å². The van der Waals surface area contributed by atoms with Crippen molar-refractivity contribution in [3.63, 3.8) is 0 Å².